The van der Waals surface area contributed by atoms with Crippen molar-refractivity contribution in [2.24, 2.45) is 0 Å². The largest absolute Gasteiger partial charge is 0.405 e. The second kappa shape index (κ2) is 7.97. The molecule has 1 amide bonds. The molecular weight excluding hydrogens is 395 g/mol. The molecule has 0 spiro atoms. The summed E-state index contributed by atoms with van der Waals surface area (Å²) in [6.45, 7) is 0.744. The summed E-state index contributed by atoms with van der Waals surface area (Å²) in [4.78, 5) is 28.8. The second-order valence-electron chi connectivity index (χ2n) is 5.86. The van der Waals surface area contributed by atoms with Crippen molar-refractivity contribution in [3.8, 4) is 0 Å². The minimum atomic E-state index is -4.47. The number of anilines is 1. The Morgan fingerprint density at radius 1 is 1.29 bits per heavy atom. The highest BCUT2D eigenvalue weighted by molar-refractivity contribution is 7.16. The first-order chi connectivity index (χ1) is 13.2. The van der Waals surface area contributed by atoms with Gasteiger partial charge in [0.15, 0.2) is 0 Å². The molecule has 0 saturated carbocycles. The van der Waals surface area contributed by atoms with E-state index in [0.29, 0.717) is 22.8 Å². The van der Waals surface area contributed by atoms with Crippen molar-refractivity contribution in [3.05, 3.63) is 57.0 Å². The average molecular weight is 411 g/mol. The van der Waals surface area contributed by atoms with Crippen LogP contribution in [0.4, 0.5) is 18.9 Å². The topological polar surface area (TPSA) is 88.4 Å². The zero-order valence-electron chi connectivity index (χ0n) is 14.7. The molecule has 0 aliphatic rings. The standard InChI is InChI=1S/C17H16F3N5O2S/c1-2-13-24-25-14(26)7-12(23-16(25)28-13)8-21-11-5-3-4-10(6-11)15(27)22-9-17(18,19)20/h3-7,21H,2,8-9H2,1H3,(H,22,27). The third-order valence-electron chi connectivity index (χ3n) is 3.69. The summed E-state index contributed by atoms with van der Waals surface area (Å²) in [6.07, 6.45) is -3.78. The predicted octanol–water partition coefficient (Wildman–Crippen LogP) is 2.62. The first-order valence-corrected chi connectivity index (χ1v) is 9.14. The molecule has 0 saturated heterocycles. The first-order valence-electron chi connectivity index (χ1n) is 8.33. The minimum Gasteiger partial charge on any atom is -0.379 e. The van der Waals surface area contributed by atoms with E-state index in [9.17, 15) is 22.8 Å². The van der Waals surface area contributed by atoms with E-state index in [1.807, 2.05) is 12.2 Å². The highest BCUT2D eigenvalue weighted by atomic mass is 32.1. The van der Waals surface area contributed by atoms with Crippen molar-refractivity contribution in [3.63, 3.8) is 0 Å². The van der Waals surface area contributed by atoms with Crippen molar-refractivity contribution >= 4 is 27.9 Å². The van der Waals surface area contributed by atoms with Gasteiger partial charge in [0.1, 0.15) is 11.6 Å². The number of carbonyl (C=O) groups excluding carboxylic acids is 1. The molecule has 3 rings (SSSR count). The molecule has 0 radical (unpaired) electrons. The van der Waals surface area contributed by atoms with Crippen molar-refractivity contribution in [2.75, 3.05) is 11.9 Å². The minimum absolute atomic E-state index is 0.0905. The summed E-state index contributed by atoms with van der Waals surface area (Å²) in [7, 11) is 0. The Morgan fingerprint density at radius 2 is 2.07 bits per heavy atom. The van der Waals surface area contributed by atoms with Crippen LogP contribution in [0.2, 0.25) is 0 Å². The SMILES string of the molecule is CCc1nn2c(=O)cc(CNc3cccc(C(=O)NCC(F)(F)F)c3)nc2s1. The maximum atomic E-state index is 12.2. The van der Waals surface area contributed by atoms with Gasteiger partial charge in [-0.05, 0) is 24.6 Å². The lowest BCUT2D eigenvalue weighted by Gasteiger charge is -2.10. The second-order valence-corrected chi connectivity index (χ2v) is 6.90. The monoisotopic (exact) mass is 411 g/mol. The lowest BCUT2D eigenvalue weighted by molar-refractivity contribution is -0.123. The number of alkyl halides is 3. The van der Waals surface area contributed by atoms with E-state index in [1.165, 1.54) is 34.1 Å². The molecule has 0 aliphatic carbocycles. The summed E-state index contributed by atoms with van der Waals surface area (Å²) in [6, 6.07) is 7.41. The number of fused-ring (bicyclic) bond motifs is 1. The van der Waals surface area contributed by atoms with Gasteiger partial charge in [-0.1, -0.05) is 24.3 Å². The molecular formula is C17H16F3N5O2S. The van der Waals surface area contributed by atoms with Crippen LogP contribution in [0, 0.1) is 0 Å². The number of hydrogen-bond donors (Lipinski definition) is 2. The van der Waals surface area contributed by atoms with Gasteiger partial charge in [-0.15, -0.1) is 0 Å². The number of hydrogen-bond acceptors (Lipinski definition) is 6. The number of rotatable bonds is 6. The van der Waals surface area contributed by atoms with E-state index in [1.54, 1.807) is 12.1 Å². The summed E-state index contributed by atoms with van der Waals surface area (Å²) >= 11 is 1.33. The number of nitrogens with one attached hydrogen (secondary N) is 2. The van der Waals surface area contributed by atoms with Gasteiger partial charge in [0.05, 0.1) is 12.2 Å². The van der Waals surface area contributed by atoms with Crippen LogP contribution < -0.4 is 16.2 Å². The lowest BCUT2D eigenvalue weighted by Crippen LogP contribution is -2.33. The highest BCUT2D eigenvalue weighted by Crippen LogP contribution is 2.15. The molecule has 3 aromatic rings. The molecule has 2 aromatic heterocycles. The third-order valence-corrected chi connectivity index (χ3v) is 4.74. The van der Waals surface area contributed by atoms with Crippen LogP contribution in [-0.4, -0.2) is 33.2 Å². The number of benzene rings is 1. The number of carbonyl (C=O) groups is 1. The van der Waals surface area contributed by atoms with Gasteiger partial charge in [-0.25, -0.2) is 4.98 Å². The molecule has 0 aliphatic heterocycles. The maximum Gasteiger partial charge on any atom is 0.405 e. The third kappa shape index (κ3) is 4.85. The van der Waals surface area contributed by atoms with Crippen LogP contribution in [0.3, 0.4) is 0 Å². The molecule has 148 valence electrons. The number of amides is 1. The van der Waals surface area contributed by atoms with Gasteiger partial charge in [-0.2, -0.15) is 22.8 Å². The van der Waals surface area contributed by atoms with Crippen LogP contribution >= 0.6 is 11.3 Å². The van der Waals surface area contributed by atoms with E-state index < -0.39 is 18.6 Å². The van der Waals surface area contributed by atoms with Gasteiger partial charge in [-0.3, -0.25) is 9.59 Å². The summed E-state index contributed by atoms with van der Waals surface area (Å²) in [5, 5.41) is 9.80. The van der Waals surface area contributed by atoms with E-state index in [-0.39, 0.29) is 17.7 Å². The maximum absolute atomic E-state index is 12.2. The number of nitrogens with zero attached hydrogens (tertiary/aromatic N) is 3. The normalized spacial score (nSPS) is 11.6. The fraction of sp³-hybridized carbons (Fsp3) is 0.294. The zero-order chi connectivity index (χ0) is 20.3. The number of aromatic nitrogens is 3. The van der Waals surface area contributed by atoms with Crippen molar-refractivity contribution in [2.45, 2.75) is 26.1 Å². The Morgan fingerprint density at radius 3 is 2.79 bits per heavy atom. The van der Waals surface area contributed by atoms with Crippen molar-refractivity contribution in [1.82, 2.24) is 19.9 Å². The summed E-state index contributed by atoms with van der Waals surface area (Å²) in [5.41, 5.74) is 0.800. The molecule has 0 unspecified atom stereocenters. The van der Waals surface area contributed by atoms with Crippen molar-refractivity contribution in [1.29, 1.82) is 0 Å². The van der Waals surface area contributed by atoms with Crippen LogP contribution in [0.15, 0.2) is 35.1 Å². The van der Waals surface area contributed by atoms with E-state index >= 15 is 0 Å². The van der Waals surface area contributed by atoms with Crippen LogP contribution in [0.5, 0.6) is 0 Å². The Kier molecular flexibility index (Phi) is 5.63. The Bertz CT molecular complexity index is 1060. The quantitative estimate of drug-likeness (QED) is 0.651. The van der Waals surface area contributed by atoms with Crippen LogP contribution in [0.25, 0.3) is 4.96 Å². The van der Waals surface area contributed by atoms with Gasteiger partial charge in [0.2, 0.25) is 4.96 Å². The molecule has 11 heteroatoms. The molecule has 0 fully saturated rings. The molecule has 28 heavy (non-hydrogen) atoms. The van der Waals surface area contributed by atoms with Gasteiger partial charge in [0.25, 0.3) is 11.5 Å². The van der Waals surface area contributed by atoms with Crippen molar-refractivity contribution < 1.29 is 18.0 Å². The Balaban J connectivity index is 1.70. The van der Waals surface area contributed by atoms with E-state index in [4.69, 9.17) is 0 Å². The fourth-order valence-corrected chi connectivity index (χ4v) is 3.23. The van der Waals surface area contributed by atoms with Crippen LogP contribution in [0.1, 0.15) is 28.0 Å². The Hall–Kier alpha value is -2.95. The van der Waals surface area contributed by atoms with E-state index in [2.05, 4.69) is 15.4 Å². The predicted molar refractivity (Wildman–Crippen MR) is 98.7 cm³/mol. The van der Waals surface area contributed by atoms with Gasteiger partial charge >= 0.3 is 6.18 Å². The Labute approximate surface area is 161 Å². The molecule has 1 aromatic carbocycles. The zero-order valence-corrected chi connectivity index (χ0v) is 15.5. The summed E-state index contributed by atoms with van der Waals surface area (Å²) in [5.74, 6) is -0.824. The number of halogens is 3. The summed E-state index contributed by atoms with van der Waals surface area (Å²) < 4.78 is 37.9. The highest BCUT2D eigenvalue weighted by Gasteiger charge is 2.27. The molecule has 0 bridgehead atoms. The molecule has 2 heterocycles. The molecule has 7 nitrogen and oxygen atoms in total. The molecule has 2 N–H and O–H groups in total. The average Bonchev–Trinajstić information content (AvgIpc) is 3.08. The smallest absolute Gasteiger partial charge is 0.379 e. The van der Waals surface area contributed by atoms with Gasteiger partial charge in [0, 0.05) is 17.3 Å². The first kappa shape index (κ1) is 19.8. The number of aryl methyl sites for hydroxylation is 1. The molecule has 0 atom stereocenters. The fourth-order valence-electron chi connectivity index (χ4n) is 2.37. The van der Waals surface area contributed by atoms with E-state index in [0.717, 1.165) is 5.01 Å². The van der Waals surface area contributed by atoms with Crippen LogP contribution in [-0.2, 0) is 13.0 Å². The lowest BCUT2D eigenvalue weighted by atomic mass is 10.2. The van der Waals surface area contributed by atoms with Gasteiger partial charge < -0.3 is 10.6 Å².